The summed E-state index contributed by atoms with van der Waals surface area (Å²) in [7, 11) is 0. The van der Waals surface area contributed by atoms with Crippen LogP contribution in [0.5, 0.6) is 0 Å². The van der Waals surface area contributed by atoms with Crippen molar-refractivity contribution in [3.63, 3.8) is 0 Å². The van der Waals surface area contributed by atoms with Crippen LogP contribution < -0.4 is 0 Å². The van der Waals surface area contributed by atoms with Gasteiger partial charge in [-0.2, -0.15) is 13.2 Å². The van der Waals surface area contributed by atoms with Gasteiger partial charge in [0, 0.05) is 13.0 Å². The van der Waals surface area contributed by atoms with Crippen molar-refractivity contribution in [3.8, 4) is 0 Å². The lowest BCUT2D eigenvalue weighted by molar-refractivity contribution is -0.155. The van der Waals surface area contributed by atoms with Crippen LogP contribution in [-0.2, 0) is 15.8 Å². The molecule has 1 saturated heterocycles. The number of likely N-dealkylation sites (tertiary alicyclic amines) is 1. The molecular formula is C17H20F3NO3. The summed E-state index contributed by atoms with van der Waals surface area (Å²) < 4.78 is 37.7. The molecular weight excluding hydrogens is 323 g/mol. The lowest BCUT2D eigenvalue weighted by Gasteiger charge is -2.32. The Morgan fingerprint density at radius 3 is 2.38 bits per heavy atom. The minimum absolute atomic E-state index is 0.0637. The van der Waals surface area contributed by atoms with Gasteiger partial charge in [-0.05, 0) is 43.4 Å². The van der Waals surface area contributed by atoms with Crippen molar-refractivity contribution in [1.29, 1.82) is 0 Å². The Morgan fingerprint density at radius 2 is 1.88 bits per heavy atom. The number of carbonyl (C=O) groups is 2. The first-order valence-electron chi connectivity index (χ1n) is 7.76. The molecule has 0 spiro atoms. The van der Waals surface area contributed by atoms with E-state index >= 15 is 0 Å². The van der Waals surface area contributed by atoms with E-state index in [0.717, 1.165) is 12.1 Å². The molecule has 1 N–H and O–H groups in total. The predicted molar refractivity (Wildman–Crippen MR) is 81.5 cm³/mol. The number of carbonyl (C=O) groups excluding carboxylic acids is 1. The summed E-state index contributed by atoms with van der Waals surface area (Å²) in [5.74, 6) is -1.61. The third-order valence-electron chi connectivity index (χ3n) is 4.69. The van der Waals surface area contributed by atoms with E-state index in [-0.39, 0.29) is 18.2 Å². The van der Waals surface area contributed by atoms with Gasteiger partial charge >= 0.3 is 12.1 Å². The number of carboxylic acids is 1. The lowest BCUT2D eigenvalue weighted by Crippen LogP contribution is -2.50. The number of benzene rings is 1. The van der Waals surface area contributed by atoms with Crippen LogP contribution in [0, 0.1) is 0 Å². The molecule has 2 atom stereocenters. The van der Waals surface area contributed by atoms with E-state index in [4.69, 9.17) is 0 Å². The molecule has 1 heterocycles. The van der Waals surface area contributed by atoms with Crippen molar-refractivity contribution in [1.82, 2.24) is 4.90 Å². The number of rotatable bonds is 4. The van der Waals surface area contributed by atoms with Crippen LogP contribution in [0.4, 0.5) is 13.2 Å². The van der Waals surface area contributed by atoms with Crippen molar-refractivity contribution >= 4 is 11.9 Å². The van der Waals surface area contributed by atoms with Crippen LogP contribution in [0.2, 0.25) is 0 Å². The van der Waals surface area contributed by atoms with Gasteiger partial charge in [-0.1, -0.05) is 19.1 Å². The number of carboxylic acid groups (broad SMARTS) is 1. The summed E-state index contributed by atoms with van der Waals surface area (Å²) in [6, 6.07) is 4.71. The van der Waals surface area contributed by atoms with Crippen molar-refractivity contribution in [2.24, 2.45) is 0 Å². The van der Waals surface area contributed by atoms with Crippen molar-refractivity contribution < 1.29 is 27.9 Å². The maximum Gasteiger partial charge on any atom is 0.416 e. The van der Waals surface area contributed by atoms with E-state index in [9.17, 15) is 27.9 Å². The SMILES string of the molecule is CC(CC(=O)N1CCCC1(C)C(=O)O)c1ccc(C(F)(F)F)cc1. The fourth-order valence-electron chi connectivity index (χ4n) is 3.08. The van der Waals surface area contributed by atoms with Crippen LogP contribution in [-0.4, -0.2) is 34.0 Å². The molecule has 0 aromatic heterocycles. The van der Waals surface area contributed by atoms with Crippen LogP contribution in [0.1, 0.15) is 50.2 Å². The molecule has 24 heavy (non-hydrogen) atoms. The molecule has 2 rings (SSSR count). The largest absolute Gasteiger partial charge is 0.480 e. The van der Waals surface area contributed by atoms with Gasteiger partial charge in [0.25, 0.3) is 0 Å². The standard InChI is InChI=1S/C17H20F3NO3/c1-11(12-4-6-13(7-5-12)17(18,19)20)10-14(22)21-9-3-8-16(21,2)15(23)24/h4-7,11H,3,8-10H2,1-2H3,(H,23,24). The molecule has 0 aliphatic carbocycles. The summed E-state index contributed by atoms with van der Waals surface area (Å²) >= 11 is 0. The van der Waals surface area contributed by atoms with Gasteiger partial charge in [0.1, 0.15) is 5.54 Å². The predicted octanol–water partition coefficient (Wildman–Crippen LogP) is 3.66. The molecule has 0 bridgehead atoms. The number of amides is 1. The minimum Gasteiger partial charge on any atom is -0.480 e. The van der Waals surface area contributed by atoms with Crippen LogP contribution in [0.25, 0.3) is 0 Å². The molecule has 1 aliphatic rings. The third-order valence-corrected chi connectivity index (χ3v) is 4.69. The smallest absolute Gasteiger partial charge is 0.416 e. The molecule has 7 heteroatoms. The second-order valence-electron chi connectivity index (χ2n) is 6.45. The van der Waals surface area contributed by atoms with Gasteiger partial charge in [-0.25, -0.2) is 4.79 Å². The van der Waals surface area contributed by atoms with E-state index in [1.54, 1.807) is 6.92 Å². The lowest BCUT2D eigenvalue weighted by atomic mass is 9.94. The molecule has 4 nitrogen and oxygen atoms in total. The molecule has 1 aromatic rings. The first kappa shape index (κ1) is 18.3. The second-order valence-corrected chi connectivity index (χ2v) is 6.45. The van der Waals surface area contributed by atoms with E-state index in [1.165, 1.54) is 24.0 Å². The zero-order valence-corrected chi connectivity index (χ0v) is 13.6. The Morgan fingerprint density at radius 1 is 1.29 bits per heavy atom. The molecule has 0 radical (unpaired) electrons. The normalized spacial score (nSPS) is 22.5. The summed E-state index contributed by atoms with van der Waals surface area (Å²) in [4.78, 5) is 25.3. The first-order chi connectivity index (χ1) is 11.1. The van der Waals surface area contributed by atoms with Gasteiger partial charge in [-0.3, -0.25) is 4.79 Å². The fourth-order valence-corrected chi connectivity index (χ4v) is 3.08. The average Bonchev–Trinajstić information content (AvgIpc) is 2.90. The Bertz CT molecular complexity index is 627. The van der Waals surface area contributed by atoms with E-state index < -0.39 is 23.2 Å². The fraction of sp³-hybridized carbons (Fsp3) is 0.529. The molecule has 1 fully saturated rings. The zero-order chi connectivity index (χ0) is 18.1. The highest BCUT2D eigenvalue weighted by Gasteiger charge is 2.45. The zero-order valence-electron chi connectivity index (χ0n) is 13.6. The Labute approximate surface area is 138 Å². The molecule has 1 aliphatic heterocycles. The topological polar surface area (TPSA) is 57.6 Å². The highest BCUT2D eigenvalue weighted by atomic mass is 19.4. The van der Waals surface area contributed by atoms with E-state index in [1.807, 2.05) is 0 Å². The maximum absolute atomic E-state index is 12.6. The second kappa shape index (κ2) is 6.45. The molecule has 1 amide bonds. The Hall–Kier alpha value is -2.05. The summed E-state index contributed by atoms with van der Waals surface area (Å²) in [5, 5.41) is 9.35. The van der Waals surface area contributed by atoms with Gasteiger partial charge in [0.2, 0.25) is 5.91 Å². The molecule has 2 unspecified atom stereocenters. The quantitative estimate of drug-likeness (QED) is 0.908. The van der Waals surface area contributed by atoms with Gasteiger partial charge < -0.3 is 10.0 Å². The van der Waals surface area contributed by atoms with Crippen LogP contribution in [0.15, 0.2) is 24.3 Å². The highest BCUT2D eigenvalue weighted by Crippen LogP contribution is 2.33. The monoisotopic (exact) mass is 343 g/mol. The molecule has 132 valence electrons. The highest BCUT2D eigenvalue weighted by molar-refractivity contribution is 5.87. The van der Waals surface area contributed by atoms with Gasteiger partial charge in [0.15, 0.2) is 0 Å². The van der Waals surface area contributed by atoms with Crippen LogP contribution >= 0.6 is 0 Å². The Balaban J connectivity index is 2.08. The maximum atomic E-state index is 12.6. The van der Waals surface area contributed by atoms with Crippen molar-refractivity contribution in [3.05, 3.63) is 35.4 Å². The van der Waals surface area contributed by atoms with E-state index in [0.29, 0.717) is 24.9 Å². The molecule has 1 aromatic carbocycles. The van der Waals surface area contributed by atoms with E-state index in [2.05, 4.69) is 0 Å². The third kappa shape index (κ3) is 3.55. The first-order valence-corrected chi connectivity index (χ1v) is 7.76. The van der Waals surface area contributed by atoms with Crippen LogP contribution in [0.3, 0.4) is 0 Å². The van der Waals surface area contributed by atoms with Gasteiger partial charge in [-0.15, -0.1) is 0 Å². The van der Waals surface area contributed by atoms with Crippen molar-refractivity contribution in [2.75, 3.05) is 6.54 Å². The number of hydrogen-bond donors (Lipinski definition) is 1. The van der Waals surface area contributed by atoms with Gasteiger partial charge in [0.05, 0.1) is 5.56 Å². The summed E-state index contributed by atoms with van der Waals surface area (Å²) in [5.41, 5.74) is -1.31. The van der Waals surface area contributed by atoms with Crippen molar-refractivity contribution in [2.45, 2.75) is 50.7 Å². The number of hydrogen-bond acceptors (Lipinski definition) is 2. The number of aliphatic carboxylic acids is 1. The number of alkyl halides is 3. The summed E-state index contributed by atoms with van der Waals surface area (Å²) in [6.07, 6.45) is -3.30. The Kier molecular flexibility index (Phi) is 4.92. The number of halogens is 3. The minimum atomic E-state index is -4.39. The number of nitrogens with zero attached hydrogens (tertiary/aromatic N) is 1. The average molecular weight is 343 g/mol. The molecule has 0 saturated carbocycles. The summed E-state index contributed by atoms with van der Waals surface area (Å²) in [6.45, 7) is 3.67.